The van der Waals surface area contributed by atoms with Crippen LogP contribution in [0.15, 0.2) is 60.9 Å². The predicted molar refractivity (Wildman–Crippen MR) is 91.9 cm³/mol. The molecule has 3 aromatic rings. The van der Waals surface area contributed by atoms with Crippen LogP contribution < -0.4 is 0 Å². The maximum absolute atomic E-state index is 12.2. The maximum Gasteiger partial charge on any atom is 0.358 e. The standard InChI is InChI=1S/C20H18N2O2/c1-24-20(23)18-19(15-8-3-2-4-9-15)22(13-21-18)17-12-11-14-7-5-6-10-16(14)17/h2-10,13,17H,11-12H2,1H3/t17-/m1/s1. The van der Waals surface area contributed by atoms with Gasteiger partial charge in [0.25, 0.3) is 0 Å². The number of aryl methyl sites for hydroxylation is 1. The van der Waals surface area contributed by atoms with E-state index in [-0.39, 0.29) is 6.04 Å². The number of imidazole rings is 1. The van der Waals surface area contributed by atoms with Crippen LogP contribution in [0.25, 0.3) is 11.3 Å². The van der Waals surface area contributed by atoms with Gasteiger partial charge in [-0.15, -0.1) is 0 Å². The third-order valence-electron chi connectivity index (χ3n) is 4.66. The predicted octanol–water partition coefficient (Wildman–Crippen LogP) is 3.87. The fourth-order valence-electron chi connectivity index (χ4n) is 3.55. The topological polar surface area (TPSA) is 44.1 Å². The van der Waals surface area contributed by atoms with Gasteiger partial charge in [-0.2, -0.15) is 0 Å². The highest BCUT2D eigenvalue weighted by Crippen LogP contribution is 2.38. The van der Waals surface area contributed by atoms with E-state index in [2.05, 4.69) is 33.8 Å². The molecule has 0 aliphatic heterocycles. The Bertz CT molecular complexity index is 884. The van der Waals surface area contributed by atoms with E-state index in [1.165, 1.54) is 18.2 Å². The molecule has 1 heterocycles. The van der Waals surface area contributed by atoms with Crippen molar-refractivity contribution in [3.8, 4) is 11.3 Å². The van der Waals surface area contributed by atoms with Gasteiger partial charge in [0.05, 0.1) is 25.2 Å². The third kappa shape index (κ3) is 2.31. The van der Waals surface area contributed by atoms with Crippen molar-refractivity contribution >= 4 is 5.97 Å². The second kappa shape index (κ2) is 5.96. The van der Waals surface area contributed by atoms with E-state index in [0.717, 1.165) is 24.1 Å². The summed E-state index contributed by atoms with van der Waals surface area (Å²) in [5, 5.41) is 0. The van der Waals surface area contributed by atoms with Gasteiger partial charge in [-0.25, -0.2) is 9.78 Å². The van der Waals surface area contributed by atoms with Crippen molar-refractivity contribution in [1.29, 1.82) is 0 Å². The molecule has 24 heavy (non-hydrogen) atoms. The van der Waals surface area contributed by atoms with Crippen molar-refractivity contribution in [3.05, 3.63) is 77.7 Å². The van der Waals surface area contributed by atoms with Crippen LogP contribution in [0.5, 0.6) is 0 Å². The smallest absolute Gasteiger partial charge is 0.358 e. The second-order valence-corrected chi connectivity index (χ2v) is 5.96. The molecule has 0 saturated carbocycles. The van der Waals surface area contributed by atoms with Crippen LogP contribution in [0.1, 0.15) is 34.1 Å². The SMILES string of the molecule is COC(=O)c1ncn([C@@H]2CCc3ccccc32)c1-c1ccccc1. The van der Waals surface area contributed by atoms with E-state index in [4.69, 9.17) is 4.74 Å². The first-order chi connectivity index (χ1) is 11.8. The number of nitrogens with zero attached hydrogens (tertiary/aromatic N) is 2. The van der Waals surface area contributed by atoms with Gasteiger partial charge in [0, 0.05) is 5.56 Å². The highest BCUT2D eigenvalue weighted by molar-refractivity contribution is 5.94. The summed E-state index contributed by atoms with van der Waals surface area (Å²) in [7, 11) is 1.39. The van der Waals surface area contributed by atoms with Crippen LogP contribution in [0.2, 0.25) is 0 Å². The quantitative estimate of drug-likeness (QED) is 0.689. The summed E-state index contributed by atoms with van der Waals surface area (Å²) in [4.78, 5) is 16.6. The van der Waals surface area contributed by atoms with E-state index in [9.17, 15) is 4.79 Å². The fourth-order valence-corrected chi connectivity index (χ4v) is 3.55. The molecule has 0 fully saturated rings. The summed E-state index contributed by atoms with van der Waals surface area (Å²) >= 11 is 0. The molecule has 4 rings (SSSR count). The van der Waals surface area contributed by atoms with Gasteiger partial charge in [-0.1, -0.05) is 54.6 Å². The summed E-state index contributed by atoms with van der Waals surface area (Å²) in [6.45, 7) is 0. The normalized spacial score (nSPS) is 16.0. The van der Waals surface area contributed by atoms with Gasteiger partial charge >= 0.3 is 5.97 Å². The molecule has 0 bridgehead atoms. The summed E-state index contributed by atoms with van der Waals surface area (Å²) < 4.78 is 7.05. The molecule has 0 N–H and O–H groups in total. The number of benzene rings is 2. The van der Waals surface area contributed by atoms with Crippen LogP contribution in [0.3, 0.4) is 0 Å². The zero-order valence-corrected chi connectivity index (χ0v) is 13.5. The van der Waals surface area contributed by atoms with Crippen LogP contribution in [-0.4, -0.2) is 22.6 Å². The summed E-state index contributed by atoms with van der Waals surface area (Å²) in [5.41, 5.74) is 4.84. The Hall–Kier alpha value is -2.88. The lowest BCUT2D eigenvalue weighted by Crippen LogP contribution is -2.10. The first-order valence-electron chi connectivity index (χ1n) is 8.08. The molecule has 0 radical (unpaired) electrons. The molecule has 0 saturated heterocycles. The Morgan fingerprint density at radius 3 is 2.67 bits per heavy atom. The molecule has 2 aromatic carbocycles. The van der Waals surface area contributed by atoms with Crippen molar-refractivity contribution in [3.63, 3.8) is 0 Å². The average Bonchev–Trinajstić information content (AvgIpc) is 3.25. The largest absolute Gasteiger partial charge is 0.464 e. The molecule has 1 aromatic heterocycles. The molecule has 0 unspecified atom stereocenters. The van der Waals surface area contributed by atoms with Gasteiger partial charge in [0.1, 0.15) is 0 Å². The first kappa shape index (κ1) is 14.7. The maximum atomic E-state index is 12.2. The number of aromatic nitrogens is 2. The van der Waals surface area contributed by atoms with E-state index >= 15 is 0 Å². The Morgan fingerprint density at radius 1 is 1.12 bits per heavy atom. The Labute approximate surface area is 140 Å². The third-order valence-corrected chi connectivity index (χ3v) is 4.66. The summed E-state index contributed by atoms with van der Waals surface area (Å²) in [6.07, 6.45) is 3.82. The highest BCUT2D eigenvalue weighted by atomic mass is 16.5. The number of esters is 1. The minimum absolute atomic E-state index is 0.197. The van der Waals surface area contributed by atoms with Crippen LogP contribution >= 0.6 is 0 Å². The molecule has 1 atom stereocenters. The van der Waals surface area contributed by atoms with E-state index in [1.54, 1.807) is 6.33 Å². The van der Waals surface area contributed by atoms with Crippen molar-refractivity contribution < 1.29 is 9.53 Å². The number of hydrogen-bond donors (Lipinski definition) is 0. The lowest BCUT2D eigenvalue weighted by Gasteiger charge is -2.18. The monoisotopic (exact) mass is 318 g/mol. The fraction of sp³-hybridized carbons (Fsp3) is 0.200. The zero-order chi connectivity index (χ0) is 16.5. The molecule has 4 heteroatoms. The molecule has 4 nitrogen and oxygen atoms in total. The minimum atomic E-state index is -0.404. The first-order valence-corrected chi connectivity index (χ1v) is 8.08. The molecule has 0 amide bonds. The number of fused-ring (bicyclic) bond motifs is 1. The van der Waals surface area contributed by atoms with E-state index in [1.807, 2.05) is 30.3 Å². The number of hydrogen-bond acceptors (Lipinski definition) is 3. The zero-order valence-electron chi connectivity index (χ0n) is 13.5. The lowest BCUT2D eigenvalue weighted by atomic mass is 10.1. The molecular weight excluding hydrogens is 300 g/mol. The van der Waals surface area contributed by atoms with Crippen LogP contribution in [0.4, 0.5) is 0 Å². The van der Waals surface area contributed by atoms with Gasteiger partial charge in [-0.3, -0.25) is 0 Å². The van der Waals surface area contributed by atoms with Crippen molar-refractivity contribution in [1.82, 2.24) is 9.55 Å². The van der Waals surface area contributed by atoms with Crippen molar-refractivity contribution in [2.45, 2.75) is 18.9 Å². The van der Waals surface area contributed by atoms with E-state index in [0.29, 0.717) is 5.69 Å². The number of carbonyl (C=O) groups is 1. The average molecular weight is 318 g/mol. The molecule has 0 spiro atoms. The highest BCUT2D eigenvalue weighted by Gasteiger charge is 2.29. The van der Waals surface area contributed by atoms with Gasteiger partial charge < -0.3 is 9.30 Å². The van der Waals surface area contributed by atoms with E-state index < -0.39 is 5.97 Å². The summed E-state index contributed by atoms with van der Waals surface area (Å²) in [6, 6.07) is 18.6. The molecular formula is C20H18N2O2. The van der Waals surface area contributed by atoms with Crippen LogP contribution in [-0.2, 0) is 11.2 Å². The number of rotatable bonds is 3. The number of ether oxygens (including phenoxy) is 1. The second-order valence-electron chi connectivity index (χ2n) is 5.96. The molecule has 120 valence electrons. The number of methoxy groups -OCH3 is 1. The minimum Gasteiger partial charge on any atom is -0.464 e. The Balaban J connectivity index is 1.88. The number of carbonyl (C=O) groups excluding carboxylic acids is 1. The molecule has 1 aliphatic carbocycles. The molecule has 1 aliphatic rings. The van der Waals surface area contributed by atoms with Crippen LogP contribution in [0, 0.1) is 0 Å². The lowest BCUT2D eigenvalue weighted by molar-refractivity contribution is 0.0595. The Kier molecular flexibility index (Phi) is 3.65. The van der Waals surface area contributed by atoms with Gasteiger partial charge in [0.15, 0.2) is 5.69 Å². The van der Waals surface area contributed by atoms with Crippen molar-refractivity contribution in [2.24, 2.45) is 0 Å². The van der Waals surface area contributed by atoms with Gasteiger partial charge in [0.2, 0.25) is 0 Å². The Morgan fingerprint density at radius 2 is 1.88 bits per heavy atom. The summed E-state index contributed by atoms with van der Waals surface area (Å²) in [5.74, 6) is -0.404. The van der Waals surface area contributed by atoms with Gasteiger partial charge in [-0.05, 0) is 24.0 Å². The van der Waals surface area contributed by atoms with Crippen molar-refractivity contribution in [2.75, 3.05) is 7.11 Å².